The number of para-hydroxylation sites is 1. The zero-order valence-corrected chi connectivity index (χ0v) is 14.9. The Labute approximate surface area is 141 Å². The Morgan fingerprint density at radius 1 is 1.30 bits per heavy atom. The number of ether oxygens (including phenoxy) is 1. The largest absolute Gasteiger partial charge is 0.492 e. The molecule has 1 amide bonds. The van der Waals surface area contributed by atoms with Crippen LogP contribution in [0.25, 0.3) is 0 Å². The number of carbonyl (C=O) groups is 1. The molecule has 1 aliphatic rings. The van der Waals surface area contributed by atoms with Gasteiger partial charge in [-0.25, -0.2) is 0 Å². The molecule has 3 atom stereocenters. The number of rotatable bonds is 7. The van der Waals surface area contributed by atoms with Gasteiger partial charge in [-0.2, -0.15) is 0 Å². The summed E-state index contributed by atoms with van der Waals surface area (Å²) in [6, 6.07) is 7.99. The molecule has 5 heteroatoms. The smallest absolute Gasteiger partial charge is 0.232 e. The normalized spacial score (nSPS) is 22.3. The Balaban J connectivity index is 1.68. The predicted octanol–water partition coefficient (Wildman–Crippen LogP) is 2.82. The number of nitrogens with one attached hydrogen (secondary N) is 1. The van der Waals surface area contributed by atoms with Gasteiger partial charge in [-0.1, -0.05) is 38.0 Å². The highest BCUT2D eigenvalue weighted by Crippen LogP contribution is 2.23. The maximum atomic E-state index is 12.0. The van der Waals surface area contributed by atoms with Crippen LogP contribution in [0.3, 0.4) is 0 Å². The third-order valence-electron chi connectivity index (χ3n) is 4.41. The Morgan fingerprint density at radius 2 is 2.04 bits per heavy atom. The average molecular weight is 337 g/mol. The number of amides is 1. The summed E-state index contributed by atoms with van der Waals surface area (Å²) >= 11 is 0. The van der Waals surface area contributed by atoms with E-state index < -0.39 is 10.8 Å². The van der Waals surface area contributed by atoms with Crippen LogP contribution >= 0.6 is 0 Å². The quantitative estimate of drug-likeness (QED) is 0.832. The molecule has 128 valence electrons. The summed E-state index contributed by atoms with van der Waals surface area (Å²) in [5, 5.41) is 3.04. The molecule has 4 nitrogen and oxygen atoms in total. The van der Waals surface area contributed by atoms with Crippen molar-refractivity contribution >= 4 is 16.7 Å². The van der Waals surface area contributed by atoms with Crippen molar-refractivity contribution in [3.05, 3.63) is 29.8 Å². The molecule has 0 aromatic heterocycles. The highest BCUT2D eigenvalue weighted by atomic mass is 32.2. The van der Waals surface area contributed by atoms with Crippen LogP contribution in [0.5, 0.6) is 5.75 Å². The van der Waals surface area contributed by atoms with Gasteiger partial charge in [-0.15, -0.1) is 0 Å². The molecule has 3 unspecified atom stereocenters. The van der Waals surface area contributed by atoms with Crippen LogP contribution in [0.2, 0.25) is 0 Å². The molecule has 1 N–H and O–H groups in total. The molecule has 0 aliphatic heterocycles. The van der Waals surface area contributed by atoms with Crippen LogP contribution in [0.15, 0.2) is 24.3 Å². The monoisotopic (exact) mass is 337 g/mol. The van der Waals surface area contributed by atoms with Crippen molar-refractivity contribution in [3.63, 3.8) is 0 Å². The third-order valence-corrected chi connectivity index (χ3v) is 5.62. The van der Waals surface area contributed by atoms with Crippen LogP contribution in [-0.4, -0.2) is 34.3 Å². The van der Waals surface area contributed by atoms with Gasteiger partial charge < -0.3 is 10.1 Å². The zero-order chi connectivity index (χ0) is 16.7. The molecule has 1 aliphatic carbocycles. The molecule has 0 heterocycles. The summed E-state index contributed by atoms with van der Waals surface area (Å²) in [6.07, 6.45) is 4.62. The maximum Gasteiger partial charge on any atom is 0.232 e. The maximum absolute atomic E-state index is 12.0. The van der Waals surface area contributed by atoms with Crippen molar-refractivity contribution in [2.75, 3.05) is 18.1 Å². The van der Waals surface area contributed by atoms with Gasteiger partial charge in [0, 0.05) is 16.8 Å². The standard InChI is InChI=1S/C18H27NO3S/c1-14-7-3-5-9-16(14)19-18(20)13-23(21)12-11-22-17-10-6-4-8-15(17)2/h4,6,8,10,14,16H,3,5,7,9,11-13H2,1-2H3,(H,19,20). The number of benzene rings is 1. The first kappa shape index (κ1) is 18.0. The van der Waals surface area contributed by atoms with Crippen molar-refractivity contribution < 1.29 is 13.7 Å². The minimum absolute atomic E-state index is 0.0698. The van der Waals surface area contributed by atoms with Gasteiger partial charge in [-0.05, 0) is 37.3 Å². The Kier molecular flexibility index (Phi) is 7.09. The van der Waals surface area contributed by atoms with Crippen LogP contribution in [0, 0.1) is 12.8 Å². The van der Waals surface area contributed by atoms with Crippen molar-refractivity contribution in [2.24, 2.45) is 5.92 Å². The van der Waals surface area contributed by atoms with E-state index in [9.17, 15) is 9.00 Å². The van der Waals surface area contributed by atoms with E-state index in [0.29, 0.717) is 18.3 Å². The van der Waals surface area contributed by atoms with Gasteiger partial charge >= 0.3 is 0 Å². The van der Waals surface area contributed by atoms with E-state index in [1.807, 2.05) is 31.2 Å². The van der Waals surface area contributed by atoms with Gasteiger partial charge in [0.25, 0.3) is 0 Å². The van der Waals surface area contributed by atoms with Gasteiger partial charge in [-0.3, -0.25) is 9.00 Å². The molecular formula is C18H27NO3S. The molecule has 1 aromatic rings. The van der Waals surface area contributed by atoms with Gasteiger partial charge in [0.15, 0.2) is 0 Å². The van der Waals surface area contributed by atoms with Crippen LogP contribution in [-0.2, 0) is 15.6 Å². The van der Waals surface area contributed by atoms with E-state index >= 15 is 0 Å². The fourth-order valence-electron chi connectivity index (χ4n) is 2.96. The highest BCUT2D eigenvalue weighted by molar-refractivity contribution is 7.85. The number of carbonyl (C=O) groups excluding carboxylic acids is 1. The zero-order valence-electron chi connectivity index (χ0n) is 14.0. The minimum atomic E-state index is -1.18. The number of aryl methyl sites for hydroxylation is 1. The topological polar surface area (TPSA) is 55.4 Å². The second kappa shape index (κ2) is 9.06. The summed E-state index contributed by atoms with van der Waals surface area (Å²) < 4.78 is 17.7. The summed E-state index contributed by atoms with van der Waals surface area (Å²) in [7, 11) is -1.18. The lowest BCUT2D eigenvalue weighted by atomic mass is 9.86. The molecule has 1 fully saturated rings. The van der Waals surface area contributed by atoms with Gasteiger partial charge in [0.05, 0.1) is 12.4 Å². The lowest BCUT2D eigenvalue weighted by Gasteiger charge is -2.29. The summed E-state index contributed by atoms with van der Waals surface area (Å²) in [6.45, 7) is 4.52. The fraction of sp³-hybridized carbons (Fsp3) is 0.611. The highest BCUT2D eigenvalue weighted by Gasteiger charge is 2.23. The van der Waals surface area contributed by atoms with E-state index in [-0.39, 0.29) is 17.7 Å². The molecule has 1 saturated carbocycles. The summed E-state index contributed by atoms with van der Waals surface area (Å²) in [5.74, 6) is 1.68. The van der Waals surface area contributed by atoms with E-state index in [1.165, 1.54) is 12.8 Å². The SMILES string of the molecule is Cc1ccccc1OCCS(=O)CC(=O)NC1CCCCC1C. The second-order valence-electron chi connectivity index (χ2n) is 6.34. The molecule has 0 bridgehead atoms. The number of hydrogen-bond donors (Lipinski definition) is 1. The Bertz CT molecular complexity index is 547. The van der Waals surface area contributed by atoms with Crippen LogP contribution in [0.4, 0.5) is 0 Å². The lowest BCUT2D eigenvalue weighted by molar-refractivity contribution is -0.119. The van der Waals surface area contributed by atoms with Crippen molar-refractivity contribution in [1.82, 2.24) is 5.32 Å². The molecule has 23 heavy (non-hydrogen) atoms. The first-order valence-electron chi connectivity index (χ1n) is 8.39. The Morgan fingerprint density at radius 3 is 2.78 bits per heavy atom. The van der Waals surface area contributed by atoms with Crippen molar-refractivity contribution in [3.8, 4) is 5.75 Å². The predicted molar refractivity (Wildman–Crippen MR) is 94.1 cm³/mol. The second-order valence-corrected chi connectivity index (χ2v) is 7.91. The van der Waals surface area contributed by atoms with Crippen LogP contribution < -0.4 is 10.1 Å². The first-order valence-corrected chi connectivity index (χ1v) is 9.88. The van der Waals surface area contributed by atoms with E-state index in [2.05, 4.69) is 12.2 Å². The van der Waals surface area contributed by atoms with Gasteiger partial charge in [0.1, 0.15) is 11.5 Å². The van der Waals surface area contributed by atoms with Gasteiger partial charge in [0.2, 0.25) is 5.91 Å². The molecule has 0 saturated heterocycles. The van der Waals surface area contributed by atoms with E-state index in [4.69, 9.17) is 4.74 Å². The molecule has 2 rings (SSSR count). The molecule has 0 spiro atoms. The Hall–Kier alpha value is -1.36. The average Bonchev–Trinajstić information content (AvgIpc) is 2.51. The van der Waals surface area contributed by atoms with E-state index in [1.54, 1.807) is 0 Å². The third kappa shape index (κ3) is 5.98. The molecule has 0 radical (unpaired) electrons. The van der Waals surface area contributed by atoms with E-state index in [0.717, 1.165) is 24.2 Å². The minimum Gasteiger partial charge on any atom is -0.492 e. The van der Waals surface area contributed by atoms with Crippen LogP contribution in [0.1, 0.15) is 38.2 Å². The van der Waals surface area contributed by atoms with Crippen molar-refractivity contribution in [2.45, 2.75) is 45.6 Å². The number of hydrogen-bond acceptors (Lipinski definition) is 3. The lowest BCUT2D eigenvalue weighted by Crippen LogP contribution is -2.43. The molecular weight excluding hydrogens is 310 g/mol. The fourth-order valence-corrected chi connectivity index (χ4v) is 3.75. The summed E-state index contributed by atoms with van der Waals surface area (Å²) in [5.41, 5.74) is 1.06. The molecule has 1 aromatic carbocycles. The first-order chi connectivity index (χ1) is 11.1. The summed E-state index contributed by atoms with van der Waals surface area (Å²) in [4.78, 5) is 12.0. The van der Waals surface area contributed by atoms with Crippen molar-refractivity contribution in [1.29, 1.82) is 0 Å².